The summed E-state index contributed by atoms with van der Waals surface area (Å²) >= 11 is 12.9. The van der Waals surface area contributed by atoms with Gasteiger partial charge in [-0.1, -0.05) is 40.5 Å². The summed E-state index contributed by atoms with van der Waals surface area (Å²) in [7, 11) is 0. The van der Waals surface area contributed by atoms with Crippen molar-refractivity contribution in [3.8, 4) is 17.3 Å². The maximum atomic E-state index is 9.15. The molecule has 5 rings (SSSR count). The predicted octanol–water partition coefficient (Wildman–Crippen LogP) is 6.19. The van der Waals surface area contributed by atoms with Crippen molar-refractivity contribution in [1.29, 1.82) is 5.26 Å². The molecule has 7 heteroatoms. The molecule has 0 amide bonds. The van der Waals surface area contributed by atoms with Gasteiger partial charge in [-0.3, -0.25) is 0 Å². The Morgan fingerprint density at radius 3 is 2.65 bits per heavy atom. The molecule has 0 spiro atoms. The third-order valence-electron chi connectivity index (χ3n) is 5.92. The van der Waals surface area contributed by atoms with Crippen LogP contribution in [0.4, 0.5) is 5.69 Å². The normalized spacial score (nSPS) is 18.4. The average Bonchev–Trinajstić information content (AvgIpc) is 3.37. The molecule has 0 N–H and O–H groups in total. The van der Waals surface area contributed by atoms with Crippen LogP contribution in [0.15, 0.2) is 47.0 Å². The second-order valence-electron chi connectivity index (χ2n) is 8.07. The minimum absolute atomic E-state index is 0.0854. The van der Waals surface area contributed by atoms with Gasteiger partial charge in [0.05, 0.1) is 34.4 Å². The Morgan fingerprint density at radius 2 is 1.90 bits per heavy atom. The third kappa shape index (κ3) is 4.16. The molecule has 1 aliphatic heterocycles. The highest BCUT2D eigenvalue weighted by Gasteiger charge is 2.34. The fourth-order valence-corrected chi connectivity index (χ4v) is 4.70. The van der Waals surface area contributed by atoms with E-state index in [0.29, 0.717) is 39.4 Å². The van der Waals surface area contributed by atoms with Crippen LogP contribution in [0.3, 0.4) is 0 Å². The number of nitriles is 1. The van der Waals surface area contributed by atoms with Crippen molar-refractivity contribution in [2.24, 2.45) is 0 Å². The Kier molecular flexibility index (Phi) is 5.62. The van der Waals surface area contributed by atoms with Gasteiger partial charge in [0.2, 0.25) is 0 Å². The molecule has 0 radical (unpaired) electrons. The number of hydrogen-bond acceptors (Lipinski definition) is 5. The summed E-state index contributed by atoms with van der Waals surface area (Å²) in [6.45, 7) is 2.08. The molecule has 1 atom stereocenters. The van der Waals surface area contributed by atoms with E-state index >= 15 is 0 Å². The quantitative estimate of drug-likeness (QED) is 0.444. The molecule has 158 valence electrons. The van der Waals surface area contributed by atoms with Crippen LogP contribution in [0.25, 0.3) is 11.3 Å². The number of ether oxygens (including phenoxy) is 1. The molecule has 1 aliphatic carbocycles. The highest BCUT2D eigenvalue weighted by atomic mass is 35.5. The van der Waals surface area contributed by atoms with Crippen LogP contribution >= 0.6 is 23.2 Å². The molecule has 2 aromatic carbocycles. The maximum absolute atomic E-state index is 9.15. The van der Waals surface area contributed by atoms with Gasteiger partial charge in [-0.25, -0.2) is 0 Å². The molecule has 1 saturated heterocycles. The first-order valence-electron chi connectivity index (χ1n) is 10.4. The minimum Gasteiger partial charge on any atom is -0.371 e. The molecule has 1 aromatic heterocycles. The molecule has 0 bridgehead atoms. The Balaban J connectivity index is 1.34. The van der Waals surface area contributed by atoms with Crippen LogP contribution in [0.2, 0.25) is 10.0 Å². The topological polar surface area (TPSA) is 62.3 Å². The van der Waals surface area contributed by atoms with Crippen LogP contribution in [-0.2, 0) is 11.3 Å². The second-order valence-corrected chi connectivity index (χ2v) is 8.89. The van der Waals surface area contributed by atoms with Gasteiger partial charge in [-0.05, 0) is 49.6 Å². The van der Waals surface area contributed by atoms with E-state index in [4.69, 9.17) is 37.7 Å². The monoisotopic (exact) mass is 453 g/mol. The van der Waals surface area contributed by atoms with Gasteiger partial charge in [0.15, 0.2) is 0 Å². The van der Waals surface area contributed by atoms with Gasteiger partial charge in [0.25, 0.3) is 0 Å². The lowest BCUT2D eigenvalue weighted by Gasteiger charge is -2.19. The zero-order valence-electron chi connectivity index (χ0n) is 16.9. The van der Waals surface area contributed by atoms with Crippen LogP contribution in [0.1, 0.15) is 42.1 Å². The van der Waals surface area contributed by atoms with Crippen molar-refractivity contribution >= 4 is 28.9 Å². The highest BCUT2D eigenvalue weighted by molar-refractivity contribution is 6.39. The molecular weight excluding hydrogens is 433 g/mol. The fourth-order valence-electron chi connectivity index (χ4n) is 4.12. The van der Waals surface area contributed by atoms with E-state index in [1.807, 2.05) is 42.5 Å². The Bertz CT molecular complexity index is 1130. The summed E-state index contributed by atoms with van der Waals surface area (Å²) in [5, 5.41) is 14.6. The molecule has 1 saturated carbocycles. The number of halogens is 2. The number of benzene rings is 2. The fraction of sp³-hybridized carbons (Fsp3) is 0.333. The number of anilines is 1. The first kappa shape index (κ1) is 20.4. The van der Waals surface area contributed by atoms with Gasteiger partial charge in [-0.2, -0.15) is 5.26 Å². The summed E-state index contributed by atoms with van der Waals surface area (Å²) in [4.78, 5) is 2.26. The first-order valence-corrected chi connectivity index (χ1v) is 11.2. The van der Waals surface area contributed by atoms with Crippen LogP contribution < -0.4 is 4.90 Å². The highest BCUT2D eigenvalue weighted by Crippen LogP contribution is 2.46. The van der Waals surface area contributed by atoms with Crippen molar-refractivity contribution < 1.29 is 9.26 Å². The van der Waals surface area contributed by atoms with E-state index in [2.05, 4.69) is 16.1 Å². The standard InChI is InChI=1S/C24H21Cl2N3O2/c25-20-5-2-6-21(26)22(20)23-19(24(31-28-23)16-7-8-16)14-30-18-9-10-29(13-18)17-4-1-3-15(11-17)12-27/h1-6,11,16,18H,7-10,13-14H2. The SMILES string of the molecule is N#Cc1cccc(N2CCC(OCc3c(-c4c(Cl)cccc4Cl)noc3C3CC3)C2)c1. The van der Waals surface area contributed by atoms with E-state index in [1.54, 1.807) is 0 Å². The van der Waals surface area contributed by atoms with Crippen molar-refractivity contribution in [2.75, 3.05) is 18.0 Å². The summed E-state index contributed by atoms with van der Waals surface area (Å²) in [6, 6.07) is 15.3. The van der Waals surface area contributed by atoms with Crippen LogP contribution in [0.5, 0.6) is 0 Å². The van der Waals surface area contributed by atoms with Crippen molar-refractivity contribution in [3.63, 3.8) is 0 Å². The van der Waals surface area contributed by atoms with E-state index in [0.717, 1.165) is 49.4 Å². The molecule has 5 nitrogen and oxygen atoms in total. The zero-order chi connectivity index (χ0) is 21.4. The van der Waals surface area contributed by atoms with Gasteiger partial charge < -0.3 is 14.2 Å². The predicted molar refractivity (Wildman–Crippen MR) is 120 cm³/mol. The summed E-state index contributed by atoms with van der Waals surface area (Å²) < 4.78 is 12.1. The number of nitrogens with zero attached hydrogens (tertiary/aromatic N) is 3. The van der Waals surface area contributed by atoms with Crippen molar-refractivity contribution in [1.82, 2.24) is 5.16 Å². The number of hydrogen-bond donors (Lipinski definition) is 0. The smallest absolute Gasteiger partial charge is 0.145 e. The summed E-state index contributed by atoms with van der Waals surface area (Å²) in [5.41, 5.74) is 4.04. The lowest BCUT2D eigenvalue weighted by Crippen LogP contribution is -2.23. The first-order chi connectivity index (χ1) is 15.1. The number of rotatable bonds is 6. The van der Waals surface area contributed by atoms with Crippen LogP contribution in [0, 0.1) is 11.3 Å². The molecular formula is C24H21Cl2N3O2. The molecule has 2 aliphatic rings. The lowest BCUT2D eigenvalue weighted by molar-refractivity contribution is 0.0547. The second kappa shape index (κ2) is 8.55. The summed E-state index contributed by atoms with van der Waals surface area (Å²) in [6.07, 6.45) is 3.21. The van der Waals surface area contributed by atoms with Crippen molar-refractivity contribution in [2.45, 2.75) is 37.9 Å². The number of aromatic nitrogens is 1. The molecule has 2 heterocycles. The summed E-state index contributed by atoms with van der Waals surface area (Å²) in [5.74, 6) is 1.29. The third-order valence-corrected chi connectivity index (χ3v) is 6.54. The zero-order valence-corrected chi connectivity index (χ0v) is 18.4. The van der Waals surface area contributed by atoms with E-state index in [9.17, 15) is 0 Å². The molecule has 2 fully saturated rings. The Morgan fingerprint density at radius 1 is 1.13 bits per heavy atom. The van der Waals surface area contributed by atoms with Crippen molar-refractivity contribution in [3.05, 3.63) is 69.4 Å². The van der Waals surface area contributed by atoms with Gasteiger partial charge in [-0.15, -0.1) is 0 Å². The van der Waals surface area contributed by atoms with Crippen LogP contribution in [-0.4, -0.2) is 24.4 Å². The Labute approximate surface area is 191 Å². The van der Waals surface area contributed by atoms with E-state index in [-0.39, 0.29) is 6.10 Å². The lowest BCUT2D eigenvalue weighted by atomic mass is 10.0. The minimum atomic E-state index is 0.0854. The molecule has 31 heavy (non-hydrogen) atoms. The van der Waals surface area contributed by atoms with E-state index < -0.39 is 0 Å². The van der Waals surface area contributed by atoms with Gasteiger partial charge in [0.1, 0.15) is 11.5 Å². The van der Waals surface area contributed by atoms with Gasteiger partial charge >= 0.3 is 0 Å². The largest absolute Gasteiger partial charge is 0.371 e. The maximum Gasteiger partial charge on any atom is 0.145 e. The molecule has 1 unspecified atom stereocenters. The van der Waals surface area contributed by atoms with Gasteiger partial charge in [0, 0.05) is 35.8 Å². The molecule has 3 aromatic rings. The van der Waals surface area contributed by atoms with E-state index in [1.165, 1.54) is 0 Å². The average molecular weight is 454 g/mol. The Hall–Kier alpha value is -2.52.